The molecule has 5 aromatic heterocycles. The third-order valence-corrected chi connectivity index (χ3v) is 18.5. The fourth-order valence-electron chi connectivity index (χ4n) is 14.0. The number of para-hydroxylation sites is 6. The molecule has 83 heavy (non-hydrogen) atoms. The summed E-state index contributed by atoms with van der Waals surface area (Å²) in [5, 5.41) is 26.6. The van der Waals surface area contributed by atoms with Crippen LogP contribution in [-0.2, 0) is 5.41 Å². The van der Waals surface area contributed by atoms with Crippen LogP contribution in [0.3, 0.4) is 0 Å². The van der Waals surface area contributed by atoms with Crippen molar-refractivity contribution in [2.45, 2.75) is 15.2 Å². The van der Waals surface area contributed by atoms with Crippen LogP contribution in [-0.4, -0.2) is 23.7 Å². The molecule has 0 bridgehead atoms. The number of pyridine rings is 2. The fourth-order valence-corrected chi connectivity index (χ4v) is 15.1. The molecule has 0 N–H and O–H groups in total. The van der Waals surface area contributed by atoms with Gasteiger partial charge in [-0.25, -0.2) is 0 Å². The van der Waals surface area contributed by atoms with Crippen LogP contribution in [0.25, 0.3) is 93.9 Å². The van der Waals surface area contributed by atoms with Gasteiger partial charge >= 0.3 is 0 Å². The largest absolute Gasteiger partial charge is 0.457 e. The summed E-state index contributed by atoms with van der Waals surface area (Å²) < 4.78 is 14.5. The minimum atomic E-state index is -1.05. The number of nitrogens with zero attached hydrogens (tertiary/aromatic N) is 8. The van der Waals surface area contributed by atoms with Crippen LogP contribution >= 0.6 is 11.8 Å². The van der Waals surface area contributed by atoms with Gasteiger partial charge in [-0.05, 0) is 109 Å². The van der Waals surface area contributed by atoms with Gasteiger partial charge in [0.2, 0.25) is 0 Å². The first-order chi connectivity index (χ1) is 41.0. The van der Waals surface area contributed by atoms with Crippen LogP contribution in [0.15, 0.2) is 253 Å². The normalized spacial score (nSPS) is 13.4. The summed E-state index contributed by atoms with van der Waals surface area (Å²) in [6, 6.07) is 85.9. The Morgan fingerprint density at radius 1 is 0.361 bits per heavy atom. The Morgan fingerprint density at radius 2 is 0.759 bits per heavy atom. The lowest BCUT2D eigenvalue weighted by Crippen LogP contribution is -2.33. The average molecular weight is 1080 g/mol. The smallest absolute Gasteiger partial charge is 0.134 e. The monoisotopic (exact) mass is 1080 g/mol. The lowest BCUT2D eigenvalue weighted by molar-refractivity contribution is 0.436. The molecule has 2 aliphatic heterocycles. The van der Waals surface area contributed by atoms with E-state index >= 15 is 0 Å². The molecule has 10 aromatic carbocycles. The van der Waals surface area contributed by atoms with Crippen LogP contribution in [0.5, 0.6) is 11.5 Å². The van der Waals surface area contributed by atoms with E-state index in [0.717, 1.165) is 143 Å². The molecule has 0 radical (unpaired) electrons. The van der Waals surface area contributed by atoms with Crippen LogP contribution in [0, 0.1) is 22.7 Å². The second-order valence-electron chi connectivity index (χ2n) is 21.5. The number of anilines is 3. The summed E-state index contributed by atoms with van der Waals surface area (Å²) in [6.45, 7) is 0. The zero-order valence-electron chi connectivity index (χ0n) is 44.0. The van der Waals surface area contributed by atoms with Crippen LogP contribution < -0.4 is 9.64 Å². The van der Waals surface area contributed by atoms with E-state index in [9.17, 15) is 10.5 Å². The molecule has 10 heteroatoms. The van der Waals surface area contributed by atoms with E-state index < -0.39 is 5.41 Å². The summed E-state index contributed by atoms with van der Waals surface area (Å²) in [7, 11) is 0. The molecule has 9 nitrogen and oxygen atoms in total. The summed E-state index contributed by atoms with van der Waals surface area (Å²) in [5.41, 5.74) is 17.6. The van der Waals surface area contributed by atoms with Crippen molar-refractivity contribution in [1.82, 2.24) is 23.7 Å². The number of hydrogen-bond acceptors (Lipinski definition) is 7. The van der Waals surface area contributed by atoms with Gasteiger partial charge in [-0.1, -0.05) is 121 Å². The summed E-state index contributed by atoms with van der Waals surface area (Å²) in [6.07, 6.45) is 4.03. The van der Waals surface area contributed by atoms with Gasteiger partial charge in [0.05, 0.1) is 108 Å². The topological polar surface area (TPSA) is 101 Å². The van der Waals surface area contributed by atoms with Crippen molar-refractivity contribution in [1.29, 1.82) is 10.5 Å². The van der Waals surface area contributed by atoms with Crippen molar-refractivity contribution in [3.8, 4) is 52.1 Å². The first-order valence-electron chi connectivity index (χ1n) is 27.6. The molecular weight excluding hydrogens is 1040 g/mol. The minimum Gasteiger partial charge on any atom is -0.457 e. The highest BCUT2D eigenvalue weighted by Gasteiger charge is 2.53. The Kier molecular flexibility index (Phi) is 9.32. The Hall–Kier alpha value is -11.2. The Bertz CT molecular complexity index is 5200. The second-order valence-corrected chi connectivity index (χ2v) is 22.6. The van der Waals surface area contributed by atoms with E-state index in [1.165, 1.54) is 0 Å². The van der Waals surface area contributed by atoms with Crippen molar-refractivity contribution >= 4 is 94.2 Å². The predicted octanol–water partition coefficient (Wildman–Crippen LogP) is 17.9. The zero-order chi connectivity index (χ0) is 54.7. The van der Waals surface area contributed by atoms with Gasteiger partial charge in [0, 0.05) is 87.9 Å². The maximum Gasteiger partial charge on any atom is 0.134 e. The van der Waals surface area contributed by atoms with Crippen LogP contribution in [0.4, 0.5) is 17.1 Å². The third-order valence-electron chi connectivity index (χ3n) is 17.4. The number of aromatic nitrogens is 5. The highest BCUT2D eigenvalue weighted by molar-refractivity contribution is 7.99. The number of fused-ring (bicyclic) bond motifs is 20. The summed E-state index contributed by atoms with van der Waals surface area (Å²) in [4.78, 5) is 15.8. The maximum absolute atomic E-state index is 10.1. The van der Waals surface area contributed by atoms with Gasteiger partial charge in [0.15, 0.2) is 0 Å². The summed E-state index contributed by atoms with van der Waals surface area (Å²) >= 11 is 1.78. The number of benzene rings is 10. The van der Waals surface area contributed by atoms with E-state index in [-0.39, 0.29) is 0 Å². The molecule has 0 unspecified atom stereocenters. The molecule has 0 saturated heterocycles. The molecule has 3 aliphatic rings. The second kappa shape index (κ2) is 16.9. The van der Waals surface area contributed by atoms with Gasteiger partial charge in [-0.3, -0.25) is 9.97 Å². The van der Waals surface area contributed by atoms with Gasteiger partial charge in [0.25, 0.3) is 0 Å². The first kappa shape index (κ1) is 45.7. The first-order valence-corrected chi connectivity index (χ1v) is 28.4. The number of hydrogen-bond donors (Lipinski definition) is 0. The lowest BCUT2D eigenvalue weighted by atomic mass is 9.66. The molecule has 0 fully saturated rings. The lowest BCUT2D eigenvalue weighted by Gasteiger charge is -2.40. The van der Waals surface area contributed by atoms with Gasteiger partial charge in [-0.2, -0.15) is 10.5 Å². The maximum atomic E-state index is 10.1. The molecule has 0 atom stereocenters. The molecule has 0 saturated carbocycles. The van der Waals surface area contributed by atoms with E-state index in [1.54, 1.807) is 11.8 Å². The van der Waals surface area contributed by atoms with Crippen LogP contribution in [0.2, 0.25) is 0 Å². The highest BCUT2D eigenvalue weighted by atomic mass is 32.2. The third kappa shape index (κ3) is 6.19. The molecule has 15 aromatic rings. The summed E-state index contributed by atoms with van der Waals surface area (Å²) in [5.74, 6) is 1.37. The van der Waals surface area contributed by atoms with Gasteiger partial charge < -0.3 is 23.3 Å². The highest BCUT2D eigenvalue weighted by Crippen LogP contribution is 2.63. The number of rotatable bonds is 4. The van der Waals surface area contributed by atoms with E-state index in [2.05, 4.69) is 237 Å². The molecule has 384 valence electrons. The van der Waals surface area contributed by atoms with Gasteiger partial charge in [0.1, 0.15) is 11.5 Å². The van der Waals surface area contributed by atoms with Gasteiger partial charge in [-0.15, -0.1) is 0 Å². The van der Waals surface area contributed by atoms with E-state index in [1.807, 2.05) is 36.7 Å². The predicted molar refractivity (Wildman–Crippen MR) is 331 cm³/mol. The minimum absolute atomic E-state index is 0.605. The molecule has 18 rings (SSSR count). The average Bonchev–Trinajstić information content (AvgIpc) is 2.65. The number of nitriles is 2. The van der Waals surface area contributed by atoms with Crippen LogP contribution in [0.1, 0.15) is 33.4 Å². The number of ether oxygens (including phenoxy) is 1. The van der Waals surface area contributed by atoms with E-state index in [0.29, 0.717) is 22.6 Å². The molecular formula is C73H40N8OS. The standard InChI is InChI=1S/C73H40N8OS/c74-39-43-25-31-63-53(33-43)51-15-3-7-19-61(51)78(63)45-27-29-55-67(37-45)82-68-38-46(79-62-20-8-4-16-52(62)54-34-44(40-75)26-32-64(54)79)28-30-56(68)73(55)57-35-47(80-59-17-5-1-13-49(59)50-14-2-6-18-60(50)80)41-76-71(57)72-58(73)36-48(42-77-72)81-65-21-9-11-23-69(65)83-70-24-12-10-22-66(70)81/h1-38,41-42H. The Balaban J connectivity index is 0.957. The molecule has 0 amide bonds. The van der Waals surface area contributed by atoms with Crippen molar-refractivity contribution in [2.75, 3.05) is 4.90 Å². The molecule has 1 aliphatic carbocycles. The zero-order valence-corrected chi connectivity index (χ0v) is 44.8. The molecule has 7 heterocycles. The Labute approximate surface area is 479 Å². The van der Waals surface area contributed by atoms with Crippen molar-refractivity contribution in [2.24, 2.45) is 0 Å². The van der Waals surface area contributed by atoms with Crippen molar-refractivity contribution in [3.05, 3.63) is 276 Å². The Morgan fingerprint density at radius 3 is 1.24 bits per heavy atom. The van der Waals surface area contributed by atoms with Crippen molar-refractivity contribution < 1.29 is 4.74 Å². The molecule has 1 spiro atoms. The van der Waals surface area contributed by atoms with E-state index in [4.69, 9.17) is 14.7 Å². The quantitative estimate of drug-likeness (QED) is 0.173. The van der Waals surface area contributed by atoms with Crippen molar-refractivity contribution in [3.63, 3.8) is 0 Å². The SMILES string of the molecule is N#Cc1ccc2c(c1)c1ccccc1n2-c1ccc2c(c1)Oc1cc(-n3c4ccccc4c4cc(C#N)ccc43)ccc1C21c2cc(N3c4ccccc4Sc4ccccc43)cnc2-c2ncc(-n3c4ccccc4c4ccccc43)cc21. The fraction of sp³-hybridized carbons (Fsp3) is 0.0137.